The molecular formula is C11H12O3S. The van der Waals surface area contributed by atoms with Crippen LogP contribution in [0.3, 0.4) is 0 Å². The summed E-state index contributed by atoms with van der Waals surface area (Å²) in [5.41, 5.74) is 1.10. The molecule has 1 aromatic carbocycles. The molecule has 0 N–H and O–H groups in total. The summed E-state index contributed by atoms with van der Waals surface area (Å²) in [4.78, 5) is 11.4. The third-order valence-electron chi connectivity index (χ3n) is 1.78. The molecule has 0 heterocycles. The summed E-state index contributed by atoms with van der Waals surface area (Å²) in [5, 5.41) is 1.32. The van der Waals surface area contributed by atoms with Crippen molar-refractivity contribution in [3.05, 3.63) is 41.3 Å². The molecule has 80 valence electrons. The minimum atomic E-state index is -1.30. The lowest BCUT2D eigenvalue weighted by atomic mass is 10.2. The molecule has 0 fully saturated rings. The van der Waals surface area contributed by atoms with E-state index in [-0.39, 0.29) is 0 Å². The van der Waals surface area contributed by atoms with Crippen LogP contribution in [0.5, 0.6) is 0 Å². The first kappa shape index (κ1) is 11.7. The summed E-state index contributed by atoms with van der Waals surface area (Å²) < 4.78 is 16.0. The van der Waals surface area contributed by atoms with Gasteiger partial charge in [0.25, 0.3) is 0 Å². The van der Waals surface area contributed by atoms with Crippen LogP contribution in [0.4, 0.5) is 0 Å². The van der Waals surface area contributed by atoms with Crippen LogP contribution in [0, 0.1) is 6.92 Å². The van der Waals surface area contributed by atoms with Gasteiger partial charge in [-0.25, -0.2) is 9.00 Å². The second-order valence-electron chi connectivity index (χ2n) is 2.94. The lowest BCUT2D eigenvalue weighted by molar-refractivity contribution is -0.134. The van der Waals surface area contributed by atoms with Gasteiger partial charge in [0.1, 0.15) is 0 Å². The predicted molar refractivity (Wildman–Crippen MR) is 58.7 cm³/mol. The molecule has 0 spiro atoms. The van der Waals surface area contributed by atoms with E-state index in [1.54, 1.807) is 12.1 Å². The summed E-state index contributed by atoms with van der Waals surface area (Å²) >= 11 is 0. The zero-order valence-electron chi connectivity index (χ0n) is 8.60. The minimum Gasteiger partial charge on any atom is -0.466 e. The molecule has 15 heavy (non-hydrogen) atoms. The number of hydrogen-bond donors (Lipinski definition) is 0. The molecule has 0 aliphatic heterocycles. The maximum absolute atomic E-state index is 11.6. The summed E-state index contributed by atoms with van der Waals surface area (Å²) in [5.74, 6) is -0.504. The van der Waals surface area contributed by atoms with Crippen LogP contribution in [-0.4, -0.2) is 17.3 Å². The molecule has 0 aromatic heterocycles. The average Bonchev–Trinajstić information content (AvgIpc) is 2.26. The zero-order valence-corrected chi connectivity index (χ0v) is 9.41. The van der Waals surface area contributed by atoms with E-state index in [4.69, 9.17) is 0 Å². The number of esters is 1. The van der Waals surface area contributed by atoms with Gasteiger partial charge in [-0.05, 0) is 19.1 Å². The average molecular weight is 224 g/mol. The van der Waals surface area contributed by atoms with E-state index >= 15 is 0 Å². The van der Waals surface area contributed by atoms with Crippen LogP contribution in [0.1, 0.15) is 5.56 Å². The molecule has 0 amide bonds. The Morgan fingerprint density at radius 1 is 1.33 bits per heavy atom. The second-order valence-corrected chi connectivity index (χ2v) is 4.27. The number of carbonyl (C=O) groups excluding carboxylic acids is 1. The van der Waals surface area contributed by atoms with Gasteiger partial charge >= 0.3 is 5.97 Å². The van der Waals surface area contributed by atoms with E-state index in [0.717, 1.165) is 11.6 Å². The van der Waals surface area contributed by atoms with Gasteiger partial charge in [-0.15, -0.1) is 0 Å². The van der Waals surface area contributed by atoms with Gasteiger partial charge in [-0.2, -0.15) is 0 Å². The zero-order chi connectivity index (χ0) is 11.3. The van der Waals surface area contributed by atoms with Crippen molar-refractivity contribution in [2.75, 3.05) is 7.11 Å². The first-order valence-corrected chi connectivity index (χ1v) is 5.58. The maximum atomic E-state index is 11.6. The molecular weight excluding hydrogens is 212 g/mol. The van der Waals surface area contributed by atoms with E-state index in [1.807, 2.05) is 19.1 Å². The Bertz CT molecular complexity index is 393. The molecule has 1 rings (SSSR count). The SMILES string of the molecule is COC(=O)/C=C/[S@@](=O)c1ccc(C)cc1. The molecule has 1 atom stereocenters. The van der Waals surface area contributed by atoms with Gasteiger partial charge < -0.3 is 4.74 Å². The van der Waals surface area contributed by atoms with E-state index < -0.39 is 16.8 Å². The van der Waals surface area contributed by atoms with Gasteiger partial charge in [-0.1, -0.05) is 17.7 Å². The number of methoxy groups -OCH3 is 1. The highest BCUT2D eigenvalue weighted by molar-refractivity contribution is 7.88. The van der Waals surface area contributed by atoms with Crippen molar-refractivity contribution in [3.8, 4) is 0 Å². The van der Waals surface area contributed by atoms with Gasteiger partial charge in [0.2, 0.25) is 0 Å². The fraction of sp³-hybridized carbons (Fsp3) is 0.182. The van der Waals surface area contributed by atoms with Crippen LogP contribution in [-0.2, 0) is 20.3 Å². The van der Waals surface area contributed by atoms with Crippen molar-refractivity contribution >= 4 is 16.8 Å². The molecule has 0 unspecified atom stereocenters. The lowest BCUT2D eigenvalue weighted by Crippen LogP contribution is -1.95. The highest BCUT2D eigenvalue weighted by Crippen LogP contribution is 2.09. The van der Waals surface area contributed by atoms with Gasteiger partial charge in [-0.3, -0.25) is 0 Å². The Hall–Kier alpha value is -1.42. The fourth-order valence-corrected chi connectivity index (χ4v) is 1.73. The molecule has 3 nitrogen and oxygen atoms in total. The van der Waals surface area contributed by atoms with Gasteiger partial charge in [0.05, 0.1) is 17.9 Å². The molecule has 0 bridgehead atoms. The summed E-state index contributed by atoms with van der Waals surface area (Å²) in [6.07, 6.45) is 1.16. The van der Waals surface area contributed by atoms with Crippen molar-refractivity contribution in [2.24, 2.45) is 0 Å². The summed E-state index contributed by atoms with van der Waals surface area (Å²) in [6, 6.07) is 7.29. The molecule has 0 radical (unpaired) electrons. The molecule has 1 aromatic rings. The van der Waals surface area contributed by atoms with Crippen LogP contribution in [0.25, 0.3) is 0 Å². The molecule has 4 heteroatoms. The third kappa shape index (κ3) is 3.67. The van der Waals surface area contributed by atoms with Crippen LogP contribution < -0.4 is 0 Å². The third-order valence-corrected chi connectivity index (χ3v) is 2.90. The van der Waals surface area contributed by atoms with Gasteiger partial charge in [0.15, 0.2) is 0 Å². The molecule has 0 saturated heterocycles. The topological polar surface area (TPSA) is 43.4 Å². The monoisotopic (exact) mass is 224 g/mol. The minimum absolute atomic E-state index is 0.504. The standard InChI is InChI=1S/C11H12O3S/c1-9-3-5-10(6-4-9)15(13)8-7-11(12)14-2/h3-8H,1-2H3/b8-7+/t15-/m1/s1. The first-order valence-electron chi connectivity index (χ1n) is 4.37. The smallest absolute Gasteiger partial charge is 0.331 e. The Morgan fingerprint density at radius 3 is 2.47 bits per heavy atom. The Labute approximate surface area is 91.2 Å². The Balaban J connectivity index is 2.73. The molecule has 0 aliphatic carbocycles. The number of hydrogen-bond acceptors (Lipinski definition) is 3. The number of carbonyl (C=O) groups is 1. The Kier molecular flexibility index (Phi) is 4.24. The predicted octanol–water partition coefficient (Wildman–Crippen LogP) is 1.79. The normalized spacial score (nSPS) is 12.7. The quantitative estimate of drug-likeness (QED) is 0.580. The number of aryl methyl sites for hydroxylation is 1. The second kappa shape index (κ2) is 5.46. The van der Waals surface area contributed by atoms with Crippen molar-refractivity contribution in [3.63, 3.8) is 0 Å². The summed E-state index contributed by atoms with van der Waals surface area (Å²) in [6.45, 7) is 1.96. The van der Waals surface area contributed by atoms with E-state index in [2.05, 4.69) is 4.74 Å². The maximum Gasteiger partial charge on any atom is 0.331 e. The lowest BCUT2D eigenvalue weighted by Gasteiger charge is -1.97. The van der Waals surface area contributed by atoms with E-state index in [0.29, 0.717) is 4.90 Å². The van der Waals surface area contributed by atoms with E-state index in [1.165, 1.54) is 12.5 Å². The summed E-state index contributed by atoms with van der Waals surface area (Å²) in [7, 11) is -0.0160. The number of ether oxygens (including phenoxy) is 1. The number of benzene rings is 1. The van der Waals surface area contributed by atoms with Crippen molar-refractivity contribution in [2.45, 2.75) is 11.8 Å². The van der Waals surface area contributed by atoms with Crippen molar-refractivity contribution in [1.82, 2.24) is 0 Å². The van der Waals surface area contributed by atoms with Crippen LogP contribution in [0.15, 0.2) is 40.6 Å². The Morgan fingerprint density at radius 2 is 1.93 bits per heavy atom. The molecule has 0 saturated carbocycles. The highest BCUT2D eigenvalue weighted by Gasteiger charge is 2.00. The van der Waals surface area contributed by atoms with Gasteiger partial charge in [0, 0.05) is 16.4 Å². The molecule has 0 aliphatic rings. The van der Waals surface area contributed by atoms with Crippen LogP contribution >= 0.6 is 0 Å². The van der Waals surface area contributed by atoms with Crippen molar-refractivity contribution in [1.29, 1.82) is 0 Å². The fourth-order valence-electron chi connectivity index (χ4n) is 0.936. The highest BCUT2D eigenvalue weighted by atomic mass is 32.2. The largest absolute Gasteiger partial charge is 0.466 e. The first-order chi connectivity index (χ1) is 7.13. The van der Waals surface area contributed by atoms with Crippen LogP contribution in [0.2, 0.25) is 0 Å². The van der Waals surface area contributed by atoms with E-state index in [9.17, 15) is 9.00 Å². The van der Waals surface area contributed by atoms with Crippen molar-refractivity contribution < 1.29 is 13.7 Å². The number of rotatable bonds is 3.